The molecule has 0 amide bonds. The topological polar surface area (TPSA) is 63.0 Å². The molecule has 106 valence electrons. The van der Waals surface area contributed by atoms with E-state index in [1.54, 1.807) is 12.1 Å². The van der Waals surface area contributed by atoms with Crippen molar-refractivity contribution in [2.24, 2.45) is 5.84 Å². The highest BCUT2D eigenvalue weighted by molar-refractivity contribution is 5.62. The molecule has 1 aromatic carbocycles. The highest BCUT2D eigenvalue weighted by atomic mass is 19.4. The minimum atomic E-state index is -4.46. The Morgan fingerprint density at radius 2 is 1.75 bits per heavy atom. The van der Waals surface area contributed by atoms with Crippen molar-refractivity contribution in [2.45, 2.75) is 13.1 Å². The van der Waals surface area contributed by atoms with Crippen molar-refractivity contribution in [3.8, 4) is 0 Å². The van der Waals surface area contributed by atoms with Gasteiger partial charge in [0.25, 0.3) is 0 Å². The minimum Gasteiger partial charge on any atom is -0.340 e. The lowest BCUT2D eigenvalue weighted by molar-refractivity contribution is -0.137. The maximum atomic E-state index is 12.8. The van der Waals surface area contributed by atoms with Gasteiger partial charge >= 0.3 is 6.18 Å². The van der Waals surface area contributed by atoms with Crippen LogP contribution in [0.25, 0.3) is 0 Å². The standard InChI is InChI=1S/C13H13F3N4/c1-8-4-2-3-5-10(8)18-11-6-9(13(14,15)16)7-12(19-11)20-17/h2-7H,17H2,1H3,(H2,18,19,20). The molecule has 2 rings (SSSR count). The maximum Gasteiger partial charge on any atom is 0.416 e. The number of aryl methyl sites for hydroxylation is 1. The number of halogens is 3. The number of nitrogens with zero attached hydrogens (tertiary/aromatic N) is 1. The Labute approximate surface area is 113 Å². The van der Waals surface area contributed by atoms with E-state index in [0.29, 0.717) is 5.69 Å². The van der Waals surface area contributed by atoms with Crippen LogP contribution in [-0.4, -0.2) is 4.98 Å². The van der Waals surface area contributed by atoms with E-state index in [-0.39, 0.29) is 11.6 Å². The largest absolute Gasteiger partial charge is 0.416 e. The summed E-state index contributed by atoms with van der Waals surface area (Å²) in [7, 11) is 0. The van der Waals surface area contributed by atoms with Crippen LogP contribution in [0.1, 0.15) is 11.1 Å². The van der Waals surface area contributed by atoms with E-state index < -0.39 is 11.7 Å². The number of alkyl halides is 3. The second kappa shape index (κ2) is 5.38. The SMILES string of the molecule is Cc1ccccc1Nc1cc(C(F)(F)F)cc(NN)n1. The van der Waals surface area contributed by atoms with Gasteiger partial charge in [0.1, 0.15) is 11.6 Å². The zero-order valence-corrected chi connectivity index (χ0v) is 10.6. The number of hydrogen-bond donors (Lipinski definition) is 3. The van der Waals surface area contributed by atoms with Crippen molar-refractivity contribution in [2.75, 3.05) is 10.7 Å². The number of nitrogens with two attached hydrogens (primary N) is 1. The molecular formula is C13H13F3N4. The van der Waals surface area contributed by atoms with Crippen LogP contribution >= 0.6 is 0 Å². The third kappa shape index (κ3) is 3.18. The molecule has 0 aliphatic heterocycles. The number of hydrazine groups is 1. The van der Waals surface area contributed by atoms with Crippen LogP contribution in [0.3, 0.4) is 0 Å². The summed E-state index contributed by atoms with van der Waals surface area (Å²) >= 11 is 0. The van der Waals surface area contributed by atoms with Gasteiger partial charge in [-0.15, -0.1) is 0 Å². The Morgan fingerprint density at radius 3 is 2.35 bits per heavy atom. The fraction of sp³-hybridized carbons (Fsp3) is 0.154. The average Bonchev–Trinajstić information content (AvgIpc) is 2.40. The van der Waals surface area contributed by atoms with Gasteiger partial charge in [0.15, 0.2) is 0 Å². The Bertz CT molecular complexity index is 611. The molecule has 0 aliphatic rings. The molecule has 1 aromatic heterocycles. The summed E-state index contributed by atoms with van der Waals surface area (Å²) in [5.74, 6) is 5.16. The second-order valence-electron chi connectivity index (χ2n) is 4.21. The van der Waals surface area contributed by atoms with Crippen molar-refractivity contribution in [1.82, 2.24) is 4.98 Å². The first kappa shape index (κ1) is 14.1. The van der Waals surface area contributed by atoms with Gasteiger partial charge in [-0.05, 0) is 30.7 Å². The molecular weight excluding hydrogens is 269 g/mol. The van der Waals surface area contributed by atoms with Crippen LogP contribution in [-0.2, 0) is 6.18 Å². The van der Waals surface area contributed by atoms with Gasteiger partial charge in [-0.1, -0.05) is 18.2 Å². The van der Waals surface area contributed by atoms with Crippen molar-refractivity contribution in [3.63, 3.8) is 0 Å². The number of nitrogens with one attached hydrogen (secondary N) is 2. The molecule has 0 aliphatic carbocycles. The lowest BCUT2D eigenvalue weighted by atomic mass is 10.2. The fourth-order valence-electron chi connectivity index (χ4n) is 1.68. The summed E-state index contributed by atoms with van der Waals surface area (Å²) in [4.78, 5) is 3.95. The molecule has 0 radical (unpaired) electrons. The van der Waals surface area contributed by atoms with Crippen LogP contribution in [0.15, 0.2) is 36.4 Å². The van der Waals surface area contributed by atoms with Gasteiger partial charge in [-0.25, -0.2) is 10.8 Å². The molecule has 0 saturated carbocycles. The van der Waals surface area contributed by atoms with Gasteiger partial charge in [0, 0.05) is 5.69 Å². The maximum absolute atomic E-state index is 12.8. The molecule has 0 bridgehead atoms. The smallest absolute Gasteiger partial charge is 0.340 e. The number of para-hydroxylation sites is 1. The summed E-state index contributed by atoms with van der Waals surface area (Å²) in [5, 5.41) is 2.85. The van der Waals surface area contributed by atoms with Gasteiger partial charge in [-0.2, -0.15) is 13.2 Å². The summed E-state index contributed by atoms with van der Waals surface area (Å²) in [5.41, 5.74) is 2.89. The Morgan fingerprint density at radius 1 is 1.10 bits per heavy atom. The molecule has 0 fully saturated rings. The summed E-state index contributed by atoms with van der Waals surface area (Å²) < 4.78 is 38.3. The van der Waals surface area contributed by atoms with E-state index in [1.807, 2.05) is 19.1 Å². The van der Waals surface area contributed by atoms with Crippen molar-refractivity contribution >= 4 is 17.3 Å². The van der Waals surface area contributed by atoms with E-state index in [0.717, 1.165) is 17.7 Å². The quantitative estimate of drug-likeness (QED) is 0.596. The summed E-state index contributed by atoms with van der Waals surface area (Å²) in [6.07, 6.45) is -4.46. The number of rotatable bonds is 3. The van der Waals surface area contributed by atoms with E-state index >= 15 is 0 Å². The molecule has 1 heterocycles. The lowest BCUT2D eigenvalue weighted by Crippen LogP contribution is -2.13. The molecule has 0 unspecified atom stereocenters. The number of benzene rings is 1. The van der Waals surface area contributed by atoms with Crippen LogP contribution in [0.4, 0.5) is 30.5 Å². The van der Waals surface area contributed by atoms with Gasteiger partial charge in [0.2, 0.25) is 0 Å². The highest BCUT2D eigenvalue weighted by Crippen LogP contribution is 2.32. The van der Waals surface area contributed by atoms with Crippen molar-refractivity contribution in [3.05, 3.63) is 47.5 Å². The predicted molar refractivity (Wildman–Crippen MR) is 71.5 cm³/mol. The van der Waals surface area contributed by atoms with E-state index in [4.69, 9.17) is 5.84 Å². The third-order valence-corrected chi connectivity index (χ3v) is 2.71. The summed E-state index contributed by atoms with van der Waals surface area (Å²) in [6.45, 7) is 1.85. The van der Waals surface area contributed by atoms with Crippen LogP contribution in [0.2, 0.25) is 0 Å². The number of nitrogen functional groups attached to an aromatic ring is 1. The summed E-state index contributed by atoms with van der Waals surface area (Å²) in [6, 6.07) is 9.01. The molecule has 0 atom stereocenters. The van der Waals surface area contributed by atoms with E-state index in [2.05, 4.69) is 15.7 Å². The molecule has 2 aromatic rings. The Balaban J connectivity index is 2.39. The molecule has 20 heavy (non-hydrogen) atoms. The first-order chi connectivity index (χ1) is 9.40. The number of anilines is 3. The van der Waals surface area contributed by atoms with Crippen molar-refractivity contribution in [1.29, 1.82) is 0 Å². The Kier molecular flexibility index (Phi) is 3.80. The lowest BCUT2D eigenvalue weighted by Gasteiger charge is -2.13. The molecule has 0 saturated heterocycles. The highest BCUT2D eigenvalue weighted by Gasteiger charge is 2.31. The zero-order chi connectivity index (χ0) is 14.8. The average molecular weight is 282 g/mol. The number of pyridine rings is 1. The van der Waals surface area contributed by atoms with Crippen LogP contribution < -0.4 is 16.6 Å². The monoisotopic (exact) mass is 282 g/mol. The number of aromatic nitrogens is 1. The minimum absolute atomic E-state index is 0.0593. The van der Waals surface area contributed by atoms with Gasteiger partial charge in [0.05, 0.1) is 5.56 Å². The van der Waals surface area contributed by atoms with E-state index in [1.165, 1.54) is 0 Å². The van der Waals surface area contributed by atoms with Gasteiger partial charge < -0.3 is 10.7 Å². The predicted octanol–water partition coefficient (Wildman–Crippen LogP) is 3.44. The number of hydrogen-bond acceptors (Lipinski definition) is 4. The van der Waals surface area contributed by atoms with Crippen molar-refractivity contribution < 1.29 is 13.2 Å². The van der Waals surface area contributed by atoms with Gasteiger partial charge in [-0.3, -0.25) is 0 Å². The first-order valence-corrected chi connectivity index (χ1v) is 5.78. The zero-order valence-electron chi connectivity index (χ0n) is 10.6. The molecule has 4 N–H and O–H groups in total. The Hall–Kier alpha value is -2.28. The van der Waals surface area contributed by atoms with E-state index in [9.17, 15) is 13.2 Å². The normalized spacial score (nSPS) is 11.2. The fourth-order valence-corrected chi connectivity index (χ4v) is 1.68. The molecule has 0 spiro atoms. The van der Waals surface area contributed by atoms with Crippen LogP contribution in [0.5, 0.6) is 0 Å². The second-order valence-corrected chi connectivity index (χ2v) is 4.21. The van der Waals surface area contributed by atoms with Crippen LogP contribution in [0, 0.1) is 6.92 Å². The first-order valence-electron chi connectivity index (χ1n) is 5.78. The third-order valence-electron chi connectivity index (χ3n) is 2.71. The molecule has 4 nitrogen and oxygen atoms in total. The molecule has 7 heteroatoms.